The summed E-state index contributed by atoms with van der Waals surface area (Å²) in [6, 6.07) is 0. The van der Waals surface area contributed by atoms with Crippen molar-refractivity contribution in [1.29, 1.82) is 0 Å². The molecule has 0 radical (unpaired) electrons. The van der Waals surface area contributed by atoms with Crippen LogP contribution < -0.4 is 0 Å². The third-order valence-electron chi connectivity index (χ3n) is 10.3. The predicted molar refractivity (Wildman–Crippen MR) is 116 cm³/mol. The second-order valence-electron chi connectivity index (χ2n) is 12.2. The van der Waals surface area contributed by atoms with Gasteiger partial charge in [0.15, 0.2) is 0 Å². The molecule has 4 saturated carbocycles. The SMILES string of the molecule is CC(C)[C@@H](O)CCC[C@H]1CC[C@H]2[C@@H]3CC[C@H]4C[C@@](C)(O)CC[C@@H]4[C@H]3CC[C@]12C. The topological polar surface area (TPSA) is 40.5 Å². The van der Waals surface area contributed by atoms with Gasteiger partial charge in [-0.1, -0.05) is 27.2 Å². The van der Waals surface area contributed by atoms with Crippen molar-refractivity contribution in [3.8, 4) is 0 Å². The van der Waals surface area contributed by atoms with Crippen LogP contribution in [0.15, 0.2) is 0 Å². The lowest BCUT2D eigenvalue weighted by Crippen LogP contribution is -2.50. The Labute approximate surface area is 173 Å². The van der Waals surface area contributed by atoms with Crippen LogP contribution in [0.3, 0.4) is 0 Å². The van der Waals surface area contributed by atoms with E-state index in [1.807, 2.05) is 0 Å². The van der Waals surface area contributed by atoms with Crippen molar-refractivity contribution in [1.82, 2.24) is 0 Å². The molecule has 4 fully saturated rings. The zero-order valence-electron chi connectivity index (χ0n) is 19.0. The maximum atomic E-state index is 10.6. The Hall–Kier alpha value is -0.0800. The molecule has 4 aliphatic carbocycles. The first-order chi connectivity index (χ1) is 13.2. The van der Waals surface area contributed by atoms with Gasteiger partial charge in [0.2, 0.25) is 0 Å². The molecule has 0 heterocycles. The summed E-state index contributed by atoms with van der Waals surface area (Å²) in [5.74, 6) is 5.86. The lowest BCUT2D eigenvalue weighted by molar-refractivity contribution is -0.100. The highest BCUT2D eigenvalue weighted by Gasteiger charge is 2.57. The predicted octanol–water partition coefficient (Wildman–Crippen LogP) is 6.19. The number of rotatable bonds is 5. The molecule has 9 atom stereocenters. The van der Waals surface area contributed by atoms with Crippen molar-refractivity contribution < 1.29 is 10.2 Å². The molecule has 0 amide bonds. The molecule has 2 N–H and O–H groups in total. The van der Waals surface area contributed by atoms with Crippen molar-refractivity contribution in [3.05, 3.63) is 0 Å². The van der Waals surface area contributed by atoms with Crippen LogP contribution in [0.5, 0.6) is 0 Å². The molecule has 0 aromatic rings. The van der Waals surface area contributed by atoms with Crippen LogP contribution in [-0.4, -0.2) is 21.9 Å². The second kappa shape index (κ2) is 7.88. The van der Waals surface area contributed by atoms with Gasteiger partial charge in [-0.05, 0) is 124 Å². The average molecular weight is 391 g/mol. The molecular formula is C26H46O2. The van der Waals surface area contributed by atoms with Crippen molar-refractivity contribution in [2.45, 2.75) is 116 Å². The Bertz CT molecular complexity index is 541. The molecule has 162 valence electrons. The van der Waals surface area contributed by atoms with Gasteiger partial charge in [0.05, 0.1) is 11.7 Å². The maximum absolute atomic E-state index is 10.6. The maximum Gasteiger partial charge on any atom is 0.0622 e. The summed E-state index contributed by atoms with van der Waals surface area (Å²) in [5.41, 5.74) is 0.174. The van der Waals surface area contributed by atoms with Crippen LogP contribution in [0, 0.1) is 46.8 Å². The van der Waals surface area contributed by atoms with Crippen molar-refractivity contribution in [2.24, 2.45) is 46.8 Å². The summed E-state index contributed by atoms with van der Waals surface area (Å²) in [5, 5.41) is 20.8. The largest absolute Gasteiger partial charge is 0.393 e. The molecule has 0 bridgehead atoms. The van der Waals surface area contributed by atoms with Crippen LogP contribution in [-0.2, 0) is 0 Å². The van der Waals surface area contributed by atoms with Gasteiger partial charge in [0.1, 0.15) is 0 Å². The zero-order chi connectivity index (χ0) is 20.1. The zero-order valence-corrected chi connectivity index (χ0v) is 19.0. The standard InChI is InChI=1S/C26H46O2/c1-17(2)24(27)7-5-6-19-9-11-23-22-10-8-18-16-25(3,28)14-12-20(18)21(22)13-15-26(19,23)4/h17-24,27-28H,5-16H2,1-4H3/t18-,19-,20-,21+,22+,23-,24-,25-,26+/m0/s1. The summed E-state index contributed by atoms with van der Waals surface area (Å²) < 4.78 is 0. The lowest BCUT2D eigenvalue weighted by atomic mass is 9.49. The van der Waals surface area contributed by atoms with Gasteiger partial charge in [0, 0.05) is 0 Å². The van der Waals surface area contributed by atoms with E-state index in [0.29, 0.717) is 11.3 Å². The van der Waals surface area contributed by atoms with Gasteiger partial charge >= 0.3 is 0 Å². The molecule has 2 nitrogen and oxygen atoms in total. The first kappa shape index (κ1) is 21.2. The molecule has 0 saturated heterocycles. The molecule has 4 aliphatic rings. The minimum Gasteiger partial charge on any atom is -0.393 e. The molecule has 0 unspecified atom stereocenters. The quantitative estimate of drug-likeness (QED) is 0.587. The van der Waals surface area contributed by atoms with Crippen LogP contribution in [0.4, 0.5) is 0 Å². The van der Waals surface area contributed by atoms with Gasteiger partial charge in [0.25, 0.3) is 0 Å². The van der Waals surface area contributed by atoms with Gasteiger partial charge in [-0.3, -0.25) is 0 Å². The fraction of sp³-hybridized carbons (Fsp3) is 1.00. The molecule has 2 heteroatoms. The molecule has 28 heavy (non-hydrogen) atoms. The molecule has 0 spiro atoms. The normalized spacial score (nSPS) is 49.4. The number of aliphatic hydroxyl groups is 2. The Morgan fingerprint density at radius 1 is 0.893 bits per heavy atom. The van der Waals surface area contributed by atoms with E-state index >= 15 is 0 Å². The molecule has 0 aromatic heterocycles. The van der Waals surface area contributed by atoms with Crippen molar-refractivity contribution >= 4 is 0 Å². The summed E-state index contributed by atoms with van der Waals surface area (Å²) in [6.45, 7) is 8.99. The summed E-state index contributed by atoms with van der Waals surface area (Å²) >= 11 is 0. The van der Waals surface area contributed by atoms with Gasteiger partial charge < -0.3 is 10.2 Å². The highest BCUT2D eigenvalue weighted by molar-refractivity contribution is 5.06. The second-order valence-corrected chi connectivity index (χ2v) is 12.2. The highest BCUT2D eigenvalue weighted by Crippen LogP contribution is 2.65. The Morgan fingerprint density at radius 3 is 2.39 bits per heavy atom. The van der Waals surface area contributed by atoms with E-state index in [4.69, 9.17) is 0 Å². The Kier molecular flexibility index (Phi) is 5.95. The Morgan fingerprint density at radius 2 is 1.64 bits per heavy atom. The van der Waals surface area contributed by atoms with Gasteiger partial charge in [-0.25, -0.2) is 0 Å². The van der Waals surface area contributed by atoms with E-state index in [2.05, 4.69) is 27.7 Å². The van der Waals surface area contributed by atoms with E-state index in [9.17, 15) is 10.2 Å². The molecule has 4 rings (SSSR count). The monoisotopic (exact) mass is 390 g/mol. The Balaban J connectivity index is 1.38. The minimum absolute atomic E-state index is 0.112. The first-order valence-corrected chi connectivity index (χ1v) is 12.6. The smallest absolute Gasteiger partial charge is 0.0622 e. The van der Waals surface area contributed by atoms with E-state index < -0.39 is 5.60 Å². The van der Waals surface area contributed by atoms with Crippen molar-refractivity contribution in [2.75, 3.05) is 0 Å². The van der Waals surface area contributed by atoms with Crippen molar-refractivity contribution in [3.63, 3.8) is 0 Å². The first-order valence-electron chi connectivity index (χ1n) is 12.6. The van der Waals surface area contributed by atoms with E-state index in [1.165, 1.54) is 57.8 Å². The van der Waals surface area contributed by atoms with Crippen LogP contribution in [0.25, 0.3) is 0 Å². The van der Waals surface area contributed by atoms with E-state index in [-0.39, 0.29) is 6.10 Å². The summed E-state index contributed by atoms with van der Waals surface area (Å²) in [4.78, 5) is 0. The number of hydrogen-bond acceptors (Lipinski definition) is 2. The van der Waals surface area contributed by atoms with E-state index in [1.54, 1.807) is 0 Å². The van der Waals surface area contributed by atoms with Crippen LogP contribution in [0.1, 0.15) is 105 Å². The summed E-state index contributed by atoms with van der Waals surface area (Å²) in [6.07, 6.45) is 15.4. The summed E-state index contributed by atoms with van der Waals surface area (Å²) in [7, 11) is 0. The third-order valence-corrected chi connectivity index (χ3v) is 10.3. The highest BCUT2D eigenvalue weighted by atomic mass is 16.3. The molecule has 0 aromatic carbocycles. The fourth-order valence-corrected chi connectivity index (χ4v) is 8.57. The number of aliphatic hydroxyl groups excluding tert-OH is 1. The molecule has 0 aliphatic heterocycles. The van der Waals surface area contributed by atoms with Gasteiger partial charge in [-0.15, -0.1) is 0 Å². The van der Waals surface area contributed by atoms with Gasteiger partial charge in [-0.2, -0.15) is 0 Å². The fourth-order valence-electron chi connectivity index (χ4n) is 8.57. The van der Waals surface area contributed by atoms with Crippen LogP contribution in [0.2, 0.25) is 0 Å². The van der Waals surface area contributed by atoms with Crippen LogP contribution >= 0.6 is 0 Å². The molecular weight excluding hydrogens is 344 g/mol. The van der Waals surface area contributed by atoms with E-state index in [0.717, 1.165) is 54.8 Å². The minimum atomic E-state index is -0.393. The number of fused-ring (bicyclic) bond motifs is 5. The lowest BCUT2D eigenvalue weighted by Gasteiger charge is -2.57. The number of hydrogen-bond donors (Lipinski definition) is 2. The third kappa shape index (κ3) is 3.82. The average Bonchev–Trinajstić information content (AvgIpc) is 2.97.